The van der Waals surface area contributed by atoms with E-state index in [4.69, 9.17) is 16.3 Å². The number of hydrogen-bond donors (Lipinski definition) is 2. The van der Waals surface area contributed by atoms with Crippen LogP contribution in [0, 0.1) is 6.92 Å². The molecule has 2 aromatic carbocycles. The van der Waals surface area contributed by atoms with Crippen molar-refractivity contribution < 1.29 is 14.3 Å². The Hall–Kier alpha value is -3.39. The molecule has 0 atom stereocenters. The van der Waals surface area contributed by atoms with Crippen molar-refractivity contribution in [3.05, 3.63) is 58.9 Å². The number of ether oxygens (including phenoxy) is 1. The van der Waals surface area contributed by atoms with Crippen LogP contribution in [-0.4, -0.2) is 33.9 Å². The van der Waals surface area contributed by atoms with E-state index in [2.05, 4.69) is 20.8 Å². The van der Waals surface area contributed by atoms with E-state index in [1.54, 1.807) is 49.4 Å². The number of carbonyl (C=O) groups is 2. The third kappa shape index (κ3) is 4.29. The van der Waals surface area contributed by atoms with Crippen molar-refractivity contribution in [3.8, 4) is 11.4 Å². The minimum Gasteiger partial charge on any atom is -0.494 e. The van der Waals surface area contributed by atoms with E-state index in [0.29, 0.717) is 33.5 Å². The molecular formula is C19H18ClN5O3. The van der Waals surface area contributed by atoms with Gasteiger partial charge in [0.25, 0.3) is 5.91 Å². The fraction of sp³-hybridized carbons (Fsp3) is 0.158. The number of amides is 2. The van der Waals surface area contributed by atoms with Gasteiger partial charge in [-0.25, -0.2) is 0 Å². The zero-order valence-electron chi connectivity index (χ0n) is 15.5. The molecule has 0 aliphatic carbocycles. The highest BCUT2D eigenvalue weighted by atomic mass is 35.5. The molecule has 1 aromatic heterocycles. The molecular weight excluding hydrogens is 382 g/mol. The first-order valence-electron chi connectivity index (χ1n) is 8.34. The first-order chi connectivity index (χ1) is 13.4. The molecule has 1 heterocycles. The van der Waals surface area contributed by atoms with Crippen LogP contribution in [0.25, 0.3) is 5.69 Å². The lowest BCUT2D eigenvalue weighted by molar-refractivity contribution is -0.114. The molecule has 28 heavy (non-hydrogen) atoms. The van der Waals surface area contributed by atoms with Gasteiger partial charge in [0.1, 0.15) is 5.75 Å². The van der Waals surface area contributed by atoms with Gasteiger partial charge in [-0.3, -0.25) is 9.59 Å². The number of hydrogen-bond acceptors (Lipinski definition) is 5. The molecule has 0 saturated heterocycles. The summed E-state index contributed by atoms with van der Waals surface area (Å²) in [5.41, 5.74) is 2.31. The molecule has 144 valence electrons. The van der Waals surface area contributed by atoms with Crippen molar-refractivity contribution in [1.29, 1.82) is 0 Å². The zero-order chi connectivity index (χ0) is 20.3. The first-order valence-corrected chi connectivity index (χ1v) is 8.72. The van der Waals surface area contributed by atoms with E-state index in [1.165, 1.54) is 18.8 Å². The third-order valence-electron chi connectivity index (χ3n) is 3.81. The maximum atomic E-state index is 12.6. The Morgan fingerprint density at radius 3 is 2.57 bits per heavy atom. The van der Waals surface area contributed by atoms with Crippen LogP contribution in [0.5, 0.6) is 5.75 Å². The smallest absolute Gasteiger partial charge is 0.278 e. The van der Waals surface area contributed by atoms with E-state index < -0.39 is 5.91 Å². The highest BCUT2D eigenvalue weighted by Gasteiger charge is 2.17. The van der Waals surface area contributed by atoms with Crippen LogP contribution in [0.2, 0.25) is 5.02 Å². The minimum atomic E-state index is -0.417. The number of aryl methyl sites for hydroxylation is 1. The van der Waals surface area contributed by atoms with Gasteiger partial charge >= 0.3 is 0 Å². The van der Waals surface area contributed by atoms with Crippen molar-refractivity contribution in [1.82, 2.24) is 15.0 Å². The standard InChI is InChI=1S/C19H18ClN5O3/c1-11-18(24-25(23-11)15-6-4-5-13(20)9-15)19(27)22-14-7-8-16(21-12(2)26)17(10-14)28-3/h4-10H,1-3H3,(H,21,26)(H,22,27). The van der Waals surface area contributed by atoms with Gasteiger partial charge < -0.3 is 15.4 Å². The third-order valence-corrected chi connectivity index (χ3v) is 4.04. The van der Waals surface area contributed by atoms with E-state index in [-0.39, 0.29) is 11.6 Å². The van der Waals surface area contributed by atoms with Crippen LogP contribution in [0.1, 0.15) is 23.1 Å². The highest BCUT2D eigenvalue weighted by Crippen LogP contribution is 2.28. The summed E-state index contributed by atoms with van der Waals surface area (Å²) >= 11 is 6.00. The van der Waals surface area contributed by atoms with E-state index in [1.807, 2.05) is 0 Å². The Morgan fingerprint density at radius 1 is 1.11 bits per heavy atom. The Kier molecular flexibility index (Phi) is 5.60. The average Bonchev–Trinajstić information content (AvgIpc) is 3.04. The number of halogens is 1. The fourth-order valence-corrected chi connectivity index (χ4v) is 2.74. The van der Waals surface area contributed by atoms with Crippen molar-refractivity contribution in [2.24, 2.45) is 0 Å². The monoisotopic (exact) mass is 399 g/mol. The second kappa shape index (κ2) is 8.10. The molecule has 9 heteroatoms. The van der Waals surface area contributed by atoms with Gasteiger partial charge in [-0.15, -0.1) is 5.10 Å². The molecule has 0 aliphatic rings. The lowest BCUT2D eigenvalue weighted by Gasteiger charge is -2.11. The van der Waals surface area contributed by atoms with Crippen LogP contribution in [0.15, 0.2) is 42.5 Å². The molecule has 0 radical (unpaired) electrons. The summed E-state index contributed by atoms with van der Waals surface area (Å²) in [6.07, 6.45) is 0. The van der Waals surface area contributed by atoms with Crippen molar-refractivity contribution in [3.63, 3.8) is 0 Å². The number of nitrogens with zero attached hydrogens (tertiary/aromatic N) is 3. The van der Waals surface area contributed by atoms with E-state index in [9.17, 15) is 9.59 Å². The normalized spacial score (nSPS) is 10.4. The number of benzene rings is 2. The van der Waals surface area contributed by atoms with Crippen LogP contribution in [0.4, 0.5) is 11.4 Å². The largest absolute Gasteiger partial charge is 0.494 e. The summed E-state index contributed by atoms with van der Waals surface area (Å²) in [5.74, 6) is -0.212. The summed E-state index contributed by atoms with van der Waals surface area (Å²) < 4.78 is 5.26. The quantitative estimate of drug-likeness (QED) is 0.684. The Morgan fingerprint density at radius 2 is 1.89 bits per heavy atom. The summed E-state index contributed by atoms with van der Waals surface area (Å²) in [6, 6.07) is 11.9. The molecule has 0 spiro atoms. The molecule has 3 aromatic rings. The number of anilines is 2. The van der Waals surface area contributed by atoms with Gasteiger partial charge in [-0.1, -0.05) is 17.7 Å². The Bertz CT molecular complexity index is 1050. The Labute approximate surface area is 166 Å². The lowest BCUT2D eigenvalue weighted by Crippen LogP contribution is -2.14. The molecule has 8 nitrogen and oxygen atoms in total. The summed E-state index contributed by atoms with van der Waals surface area (Å²) in [7, 11) is 1.48. The maximum Gasteiger partial charge on any atom is 0.278 e. The van der Waals surface area contributed by atoms with Crippen LogP contribution in [-0.2, 0) is 4.79 Å². The second-order valence-electron chi connectivity index (χ2n) is 5.95. The zero-order valence-corrected chi connectivity index (χ0v) is 16.2. The molecule has 2 N–H and O–H groups in total. The first kappa shape index (κ1) is 19.4. The van der Waals surface area contributed by atoms with Crippen LogP contribution in [0.3, 0.4) is 0 Å². The molecule has 0 bridgehead atoms. The molecule has 0 fully saturated rings. The molecule has 0 unspecified atom stereocenters. The van der Waals surface area contributed by atoms with Gasteiger partial charge in [-0.2, -0.15) is 9.90 Å². The average molecular weight is 400 g/mol. The summed E-state index contributed by atoms with van der Waals surface area (Å²) in [5, 5.41) is 14.5. The molecule has 2 amide bonds. The van der Waals surface area contributed by atoms with Gasteiger partial charge in [0.15, 0.2) is 5.69 Å². The minimum absolute atomic E-state index is 0.185. The van der Waals surface area contributed by atoms with Gasteiger partial charge in [0.2, 0.25) is 5.91 Å². The number of rotatable bonds is 5. The number of nitrogens with one attached hydrogen (secondary N) is 2. The van der Waals surface area contributed by atoms with Crippen LogP contribution >= 0.6 is 11.6 Å². The topological polar surface area (TPSA) is 98.1 Å². The second-order valence-corrected chi connectivity index (χ2v) is 6.39. The van der Waals surface area contributed by atoms with E-state index >= 15 is 0 Å². The van der Waals surface area contributed by atoms with Crippen molar-refractivity contribution in [2.75, 3.05) is 17.7 Å². The van der Waals surface area contributed by atoms with Gasteiger partial charge in [0, 0.05) is 23.7 Å². The number of carbonyl (C=O) groups excluding carboxylic acids is 2. The van der Waals surface area contributed by atoms with Crippen LogP contribution < -0.4 is 15.4 Å². The SMILES string of the molecule is COc1cc(NC(=O)c2nn(-c3cccc(Cl)c3)nc2C)ccc1NC(C)=O. The summed E-state index contributed by atoms with van der Waals surface area (Å²) in [6.45, 7) is 3.10. The Balaban J connectivity index is 1.83. The highest BCUT2D eigenvalue weighted by molar-refractivity contribution is 6.30. The predicted molar refractivity (Wildman–Crippen MR) is 106 cm³/mol. The maximum absolute atomic E-state index is 12.6. The fourth-order valence-electron chi connectivity index (χ4n) is 2.56. The van der Waals surface area contributed by atoms with Gasteiger partial charge in [0.05, 0.1) is 24.2 Å². The van der Waals surface area contributed by atoms with Crippen molar-refractivity contribution in [2.45, 2.75) is 13.8 Å². The summed E-state index contributed by atoms with van der Waals surface area (Å²) in [4.78, 5) is 25.2. The molecule has 0 aliphatic heterocycles. The number of aromatic nitrogens is 3. The predicted octanol–water partition coefficient (Wildman–Crippen LogP) is 3.45. The van der Waals surface area contributed by atoms with Crippen molar-refractivity contribution >= 4 is 34.8 Å². The molecule has 0 saturated carbocycles. The molecule has 3 rings (SSSR count). The lowest BCUT2D eigenvalue weighted by atomic mass is 10.2. The van der Waals surface area contributed by atoms with E-state index in [0.717, 1.165) is 0 Å². The number of methoxy groups -OCH3 is 1. The van der Waals surface area contributed by atoms with Gasteiger partial charge in [-0.05, 0) is 37.3 Å².